The van der Waals surface area contributed by atoms with Crippen LogP contribution in [0.25, 0.3) is 11.4 Å². The zero-order valence-corrected chi connectivity index (χ0v) is 16.4. The first kappa shape index (κ1) is 18.2. The van der Waals surface area contributed by atoms with Gasteiger partial charge in [0.1, 0.15) is 11.6 Å². The highest BCUT2D eigenvalue weighted by Crippen LogP contribution is 2.46. The van der Waals surface area contributed by atoms with E-state index in [2.05, 4.69) is 58.1 Å². The van der Waals surface area contributed by atoms with E-state index in [4.69, 9.17) is 4.74 Å². The Morgan fingerprint density at radius 1 is 1.27 bits per heavy atom. The molecule has 26 heavy (non-hydrogen) atoms. The van der Waals surface area contributed by atoms with Gasteiger partial charge >= 0.3 is 0 Å². The van der Waals surface area contributed by atoms with E-state index in [1.807, 2.05) is 31.3 Å². The van der Waals surface area contributed by atoms with Crippen LogP contribution in [0.1, 0.15) is 33.5 Å². The standard InChI is InChI=1S/C19H28N6O/c1-18(2)12-25(19(18,3)4)17(20-5)21-11-15-22-16(24-23-15)13-7-9-14(26-6)10-8-13/h7-10H,11-12H2,1-6H3,(H,20,21)(H,22,23,24). The van der Waals surface area contributed by atoms with E-state index in [0.29, 0.717) is 12.4 Å². The van der Waals surface area contributed by atoms with Gasteiger partial charge in [-0.05, 0) is 38.1 Å². The van der Waals surface area contributed by atoms with E-state index in [1.165, 1.54) is 0 Å². The first-order valence-corrected chi connectivity index (χ1v) is 8.82. The SMILES string of the molecule is CN=C(NCc1nc(-c2ccc(OC)cc2)n[nH]1)N1CC(C)(C)C1(C)C. The van der Waals surface area contributed by atoms with Crippen molar-refractivity contribution in [1.29, 1.82) is 0 Å². The summed E-state index contributed by atoms with van der Waals surface area (Å²) >= 11 is 0. The Morgan fingerprint density at radius 3 is 2.50 bits per heavy atom. The summed E-state index contributed by atoms with van der Waals surface area (Å²) in [5.74, 6) is 3.14. The largest absolute Gasteiger partial charge is 0.497 e. The summed E-state index contributed by atoms with van der Waals surface area (Å²) in [6.07, 6.45) is 0. The van der Waals surface area contributed by atoms with Crippen molar-refractivity contribution in [3.8, 4) is 17.1 Å². The van der Waals surface area contributed by atoms with Gasteiger partial charge in [0.25, 0.3) is 0 Å². The maximum atomic E-state index is 5.18. The Morgan fingerprint density at radius 2 is 1.96 bits per heavy atom. The molecule has 3 rings (SSSR count). The van der Waals surface area contributed by atoms with Crippen LogP contribution in [0.4, 0.5) is 0 Å². The van der Waals surface area contributed by atoms with Crippen LogP contribution in [0.2, 0.25) is 0 Å². The zero-order valence-electron chi connectivity index (χ0n) is 16.4. The Kier molecular flexibility index (Phi) is 4.64. The molecule has 0 radical (unpaired) electrons. The molecule has 140 valence electrons. The molecule has 0 saturated carbocycles. The van der Waals surface area contributed by atoms with E-state index in [9.17, 15) is 0 Å². The lowest BCUT2D eigenvalue weighted by Gasteiger charge is -2.62. The van der Waals surface area contributed by atoms with Gasteiger partial charge in [0, 0.05) is 30.1 Å². The maximum Gasteiger partial charge on any atom is 0.194 e. The molecule has 2 aromatic rings. The van der Waals surface area contributed by atoms with Crippen LogP contribution in [0.15, 0.2) is 29.3 Å². The summed E-state index contributed by atoms with van der Waals surface area (Å²) in [5, 5.41) is 10.7. The van der Waals surface area contributed by atoms with Gasteiger partial charge in [-0.2, -0.15) is 5.10 Å². The van der Waals surface area contributed by atoms with Crippen LogP contribution in [0.5, 0.6) is 5.75 Å². The molecular weight excluding hydrogens is 328 g/mol. The minimum absolute atomic E-state index is 0.0600. The quantitative estimate of drug-likeness (QED) is 0.650. The van der Waals surface area contributed by atoms with Crippen molar-refractivity contribution < 1.29 is 4.74 Å². The number of hydrogen-bond donors (Lipinski definition) is 2. The van der Waals surface area contributed by atoms with Gasteiger partial charge in [-0.3, -0.25) is 10.1 Å². The summed E-state index contributed by atoms with van der Waals surface area (Å²) in [6.45, 7) is 10.6. The molecule has 7 heteroatoms. The maximum absolute atomic E-state index is 5.18. The number of aromatic nitrogens is 3. The van der Waals surface area contributed by atoms with E-state index in [-0.39, 0.29) is 11.0 Å². The van der Waals surface area contributed by atoms with Crippen molar-refractivity contribution >= 4 is 5.96 Å². The number of nitrogens with one attached hydrogen (secondary N) is 2. The Bertz CT molecular complexity index is 791. The van der Waals surface area contributed by atoms with E-state index in [0.717, 1.165) is 29.6 Å². The second-order valence-electron chi connectivity index (χ2n) is 7.76. The Balaban J connectivity index is 1.64. The van der Waals surface area contributed by atoms with Crippen LogP contribution < -0.4 is 10.1 Å². The number of methoxy groups -OCH3 is 1. The molecule has 0 bridgehead atoms. The number of rotatable bonds is 4. The average molecular weight is 356 g/mol. The third-order valence-corrected chi connectivity index (χ3v) is 5.65. The minimum atomic E-state index is 0.0600. The van der Waals surface area contributed by atoms with Gasteiger partial charge < -0.3 is 15.0 Å². The molecular formula is C19H28N6O. The van der Waals surface area contributed by atoms with Gasteiger partial charge in [-0.1, -0.05) is 13.8 Å². The second-order valence-corrected chi connectivity index (χ2v) is 7.76. The normalized spacial score (nSPS) is 18.4. The zero-order chi connectivity index (χ0) is 18.9. The van der Waals surface area contributed by atoms with Gasteiger partial charge in [-0.15, -0.1) is 0 Å². The molecule has 0 amide bonds. The van der Waals surface area contributed by atoms with Gasteiger partial charge in [-0.25, -0.2) is 4.98 Å². The molecule has 1 aliphatic rings. The Hall–Kier alpha value is -2.57. The topological polar surface area (TPSA) is 78.4 Å². The van der Waals surface area contributed by atoms with E-state index >= 15 is 0 Å². The average Bonchev–Trinajstić information content (AvgIpc) is 3.10. The lowest BCUT2D eigenvalue weighted by Crippen LogP contribution is -2.72. The van der Waals surface area contributed by atoms with Crippen LogP contribution in [-0.2, 0) is 6.54 Å². The number of H-pyrrole nitrogens is 1. The predicted octanol–water partition coefficient (Wildman–Crippen LogP) is 2.68. The number of aromatic amines is 1. The number of guanidine groups is 1. The minimum Gasteiger partial charge on any atom is -0.497 e. The monoisotopic (exact) mass is 356 g/mol. The molecule has 7 nitrogen and oxygen atoms in total. The van der Waals surface area contributed by atoms with Crippen molar-refractivity contribution in [2.24, 2.45) is 10.4 Å². The highest BCUT2D eigenvalue weighted by Gasteiger charge is 2.53. The van der Waals surface area contributed by atoms with Gasteiger partial charge in [0.15, 0.2) is 11.8 Å². The van der Waals surface area contributed by atoms with Crippen LogP contribution in [0.3, 0.4) is 0 Å². The number of likely N-dealkylation sites (tertiary alicyclic amines) is 1. The van der Waals surface area contributed by atoms with Crippen LogP contribution in [0, 0.1) is 5.41 Å². The number of hydrogen-bond acceptors (Lipinski definition) is 4. The van der Waals surface area contributed by atoms with E-state index < -0.39 is 0 Å². The number of aliphatic imine (C=N–C) groups is 1. The van der Waals surface area contributed by atoms with Crippen LogP contribution >= 0.6 is 0 Å². The fraction of sp³-hybridized carbons (Fsp3) is 0.526. The van der Waals surface area contributed by atoms with E-state index in [1.54, 1.807) is 7.11 Å². The molecule has 0 spiro atoms. The lowest BCUT2D eigenvalue weighted by molar-refractivity contribution is -0.0668. The summed E-state index contributed by atoms with van der Waals surface area (Å²) in [5.41, 5.74) is 1.27. The third-order valence-electron chi connectivity index (χ3n) is 5.65. The van der Waals surface area contributed by atoms with Crippen molar-refractivity contribution in [2.75, 3.05) is 20.7 Å². The molecule has 0 unspecified atom stereocenters. The molecule has 0 atom stereocenters. The van der Waals surface area contributed by atoms with Crippen molar-refractivity contribution in [1.82, 2.24) is 25.4 Å². The van der Waals surface area contributed by atoms with Crippen molar-refractivity contribution in [3.63, 3.8) is 0 Å². The highest BCUT2D eigenvalue weighted by atomic mass is 16.5. The molecule has 1 saturated heterocycles. The van der Waals surface area contributed by atoms with Crippen LogP contribution in [-0.4, -0.2) is 52.3 Å². The van der Waals surface area contributed by atoms with Gasteiger partial charge in [0.2, 0.25) is 0 Å². The van der Waals surface area contributed by atoms with Crippen molar-refractivity contribution in [2.45, 2.75) is 39.8 Å². The number of benzene rings is 1. The third kappa shape index (κ3) is 3.13. The number of nitrogens with zero attached hydrogens (tertiary/aromatic N) is 4. The second kappa shape index (κ2) is 6.63. The molecule has 2 N–H and O–H groups in total. The first-order chi connectivity index (χ1) is 12.3. The van der Waals surface area contributed by atoms with Gasteiger partial charge in [0.05, 0.1) is 13.7 Å². The summed E-state index contributed by atoms with van der Waals surface area (Å²) in [4.78, 5) is 11.3. The highest BCUT2D eigenvalue weighted by molar-refractivity contribution is 5.81. The molecule has 1 aliphatic heterocycles. The fourth-order valence-corrected chi connectivity index (χ4v) is 3.10. The molecule has 2 heterocycles. The Labute approximate surface area is 154 Å². The fourth-order valence-electron chi connectivity index (χ4n) is 3.10. The first-order valence-electron chi connectivity index (χ1n) is 8.82. The smallest absolute Gasteiger partial charge is 0.194 e. The molecule has 1 aromatic carbocycles. The summed E-state index contributed by atoms with van der Waals surface area (Å²) in [6, 6.07) is 7.70. The number of ether oxygens (including phenoxy) is 1. The summed E-state index contributed by atoms with van der Waals surface area (Å²) < 4.78 is 5.18. The predicted molar refractivity (Wildman–Crippen MR) is 103 cm³/mol. The van der Waals surface area contributed by atoms with Crippen molar-refractivity contribution in [3.05, 3.63) is 30.1 Å². The lowest BCUT2D eigenvalue weighted by atomic mass is 9.65. The summed E-state index contributed by atoms with van der Waals surface area (Å²) in [7, 11) is 3.46. The molecule has 1 aromatic heterocycles. The molecule has 0 aliphatic carbocycles. The molecule has 1 fully saturated rings.